The van der Waals surface area contributed by atoms with Crippen molar-refractivity contribution in [2.24, 2.45) is 17.3 Å². The average molecular weight is 326 g/mol. The van der Waals surface area contributed by atoms with Crippen molar-refractivity contribution in [1.29, 1.82) is 0 Å². The van der Waals surface area contributed by atoms with E-state index in [1.165, 1.54) is 0 Å². The molecule has 1 aliphatic heterocycles. The molecule has 0 radical (unpaired) electrons. The van der Waals surface area contributed by atoms with Crippen molar-refractivity contribution in [2.75, 3.05) is 0 Å². The lowest BCUT2D eigenvalue weighted by molar-refractivity contribution is -0.139. The number of hydrogen-bond donors (Lipinski definition) is 2. The number of piperidine rings is 1. The van der Waals surface area contributed by atoms with Crippen molar-refractivity contribution in [3.05, 3.63) is 47.7 Å². The Morgan fingerprint density at radius 2 is 1.96 bits per heavy atom. The van der Waals surface area contributed by atoms with Crippen molar-refractivity contribution < 1.29 is 14.4 Å². The maximum Gasteiger partial charge on any atom is 0.225 e. The van der Waals surface area contributed by atoms with E-state index in [2.05, 4.69) is 10.6 Å². The van der Waals surface area contributed by atoms with Gasteiger partial charge in [0.05, 0.1) is 11.8 Å². The third kappa shape index (κ3) is 3.40. The van der Waals surface area contributed by atoms with Crippen LogP contribution in [0.5, 0.6) is 0 Å². The summed E-state index contributed by atoms with van der Waals surface area (Å²) < 4.78 is 0. The van der Waals surface area contributed by atoms with Gasteiger partial charge in [0, 0.05) is 25.1 Å². The minimum absolute atomic E-state index is 0.0253. The molecule has 1 saturated heterocycles. The predicted octanol–water partition coefficient (Wildman–Crippen LogP) is 1.94. The first-order valence-electron chi connectivity index (χ1n) is 8.23. The molecule has 24 heavy (non-hydrogen) atoms. The van der Waals surface area contributed by atoms with E-state index in [4.69, 9.17) is 0 Å². The molecule has 1 aromatic carbocycles. The molecule has 126 valence electrons. The number of carbonyl (C=O) groups excluding carboxylic acids is 3. The van der Waals surface area contributed by atoms with Crippen molar-refractivity contribution in [3.8, 4) is 0 Å². The molecule has 1 aromatic rings. The molecule has 3 rings (SSSR count). The summed E-state index contributed by atoms with van der Waals surface area (Å²) in [6.45, 7) is 4.31. The molecule has 1 aliphatic carbocycles. The zero-order valence-electron chi connectivity index (χ0n) is 14.0. The summed E-state index contributed by atoms with van der Waals surface area (Å²) in [6.07, 6.45) is 2.36. The average Bonchev–Trinajstić information content (AvgIpc) is 2.51. The molecular formula is C19H22N2O3. The molecule has 0 aromatic heterocycles. The van der Waals surface area contributed by atoms with Crippen LogP contribution in [-0.2, 0) is 20.9 Å². The maximum absolute atomic E-state index is 12.6. The molecular weight excluding hydrogens is 304 g/mol. The van der Waals surface area contributed by atoms with Crippen LogP contribution in [0.2, 0.25) is 0 Å². The van der Waals surface area contributed by atoms with Crippen LogP contribution in [-0.4, -0.2) is 17.6 Å². The number of rotatable bonds is 3. The second-order valence-corrected chi connectivity index (χ2v) is 7.27. The lowest BCUT2D eigenvalue weighted by Gasteiger charge is -2.38. The van der Waals surface area contributed by atoms with E-state index in [1.807, 2.05) is 50.3 Å². The maximum atomic E-state index is 12.6. The number of ketones is 1. The standard InChI is InChI=1S/C19H22N2O3/c1-19(2)9-14-17(15(22)10-19)13(8-16(23)21-14)18(24)20-11-12-6-4-3-5-7-12/h3-7,9,13,17H,8,10-11H2,1-2H3,(H,20,24)(H,21,23)/t13-,17+/m1/s1. The van der Waals surface area contributed by atoms with E-state index in [-0.39, 0.29) is 29.4 Å². The van der Waals surface area contributed by atoms with Gasteiger partial charge in [-0.3, -0.25) is 14.4 Å². The first kappa shape index (κ1) is 16.4. The molecule has 0 saturated carbocycles. The SMILES string of the molecule is CC1(C)C=C2NC(=O)C[C@@H](C(=O)NCc3ccccc3)[C@@H]2C(=O)C1. The van der Waals surface area contributed by atoms with Gasteiger partial charge in [-0.05, 0) is 11.0 Å². The fourth-order valence-electron chi connectivity index (χ4n) is 3.54. The minimum Gasteiger partial charge on any atom is -0.352 e. The second-order valence-electron chi connectivity index (χ2n) is 7.27. The number of Topliss-reactive ketones (excluding diaryl/α,β-unsaturated/α-hetero) is 1. The van der Waals surface area contributed by atoms with Crippen molar-refractivity contribution in [2.45, 2.75) is 33.2 Å². The normalized spacial score (nSPS) is 25.3. The molecule has 5 heteroatoms. The van der Waals surface area contributed by atoms with Crippen LogP contribution in [0.4, 0.5) is 0 Å². The van der Waals surface area contributed by atoms with E-state index >= 15 is 0 Å². The van der Waals surface area contributed by atoms with E-state index in [0.29, 0.717) is 18.7 Å². The smallest absolute Gasteiger partial charge is 0.225 e. The Morgan fingerprint density at radius 3 is 2.67 bits per heavy atom. The highest BCUT2D eigenvalue weighted by Gasteiger charge is 2.45. The van der Waals surface area contributed by atoms with Gasteiger partial charge in [-0.15, -0.1) is 0 Å². The zero-order chi connectivity index (χ0) is 17.3. The second kappa shape index (κ2) is 6.23. The number of hydrogen-bond acceptors (Lipinski definition) is 3. The molecule has 2 aliphatic rings. The molecule has 2 amide bonds. The highest BCUT2D eigenvalue weighted by molar-refractivity contribution is 5.97. The van der Waals surface area contributed by atoms with Gasteiger partial charge in [0.1, 0.15) is 5.78 Å². The van der Waals surface area contributed by atoms with Crippen LogP contribution < -0.4 is 10.6 Å². The van der Waals surface area contributed by atoms with E-state index < -0.39 is 11.8 Å². The summed E-state index contributed by atoms with van der Waals surface area (Å²) in [7, 11) is 0. The quantitative estimate of drug-likeness (QED) is 0.891. The van der Waals surface area contributed by atoms with E-state index in [1.54, 1.807) is 0 Å². The highest BCUT2D eigenvalue weighted by Crippen LogP contribution is 2.39. The van der Waals surface area contributed by atoms with E-state index in [9.17, 15) is 14.4 Å². The predicted molar refractivity (Wildman–Crippen MR) is 89.5 cm³/mol. The molecule has 2 atom stereocenters. The van der Waals surface area contributed by atoms with Gasteiger partial charge in [0.25, 0.3) is 0 Å². The summed E-state index contributed by atoms with van der Waals surface area (Å²) in [5.74, 6) is -1.58. The number of fused-ring (bicyclic) bond motifs is 1. The third-order valence-electron chi connectivity index (χ3n) is 4.60. The van der Waals surface area contributed by atoms with Gasteiger partial charge >= 0.3 is 0 Å². The summed E-state index contributed by atoms with van der Waals surface area (Å²) in [5.41, 5.74) is 1.28. The number of nitrogens with one attached hydrogen (secondary N) is 2. The van der Waals surface area contributed by atoms with Crippen LogP contribution in [0.1, 0.15) is 32.3 Å². The fraction of sp³-hybridized carbons (Fsp3) is 0.421. The monoisotopic (exact) mass is 326 g/mol. The summed E-state index contributed by atoms with van der Waals surface area (Å²) >= 11 is 0. The van der Waals surface area contributed by atoms with Crippen molar-refractivity contribution in [1.82, 2.24) is 10.6 Å². The lowest BCUT2D eigenvalue weighted by Crippen LogP contribution is -2.50. The molecule has 0 bridgehead atoms. The van der Waals surface area contributed by atoms with Gasteiger partial charge in [0.15, 0.2) is 0 Å². The van der Waals surface area contributed by atoms with Crippen LogP contribution in [0.15, 0.2) is 42.1 Å². The largest absolute Gasteiger partial charge is 0.352 e. The Kier molecular flexibility index (Phi) is 4.26. The summed E-state index contributed by atoms with van der Waals surface area (Å²) in [5, 5.41) is 5.65. The number of allylic oxidation sites excluding steroid dienone is 2. The first-order valence-corrected chi connectivity index (χ1v) is 8.23. The summed E-state index contributed by atoms with van der Waals surface area (Å²) in [6, 6.07) is 9.57. The van der Waals surface area contributed by atoms with Gasteiger partial charge in [-0.25, -0.2) is 0 Å². The first-order chi connectivity index (χ1) is 11.4. The molecule has 0 unspecified atom stereocenters. The van der Waals surface area contributed by atoms with Crippen LogP contribution in [0.25, 0.3) is 0 Å². The Bertz CT molecular complexity index is 707. The fourth-order valence-corrected chi connectivity index (χ4v) is 3.54. The lowest BCUT2D eigenvalue weighted by atomic mass is 9.69. The van der Waals surface area contributed by atoms with Crippen molar-refractivity contribution >= 4 is 17.6 Å². The number of benzene rings is 1. The molecule has 0 spiro atoms. The summed E-state index contributed by atoms with van der Waals surface area (Å²) in [4.78, 5) is 37.2. The topological polar surface area (TPSA) is 75.3 Å². The number of amides is 2. The molecule has 1 heterocycles. The molecule has 1 fully saturated rings. The van der Waals surface area contributed by atoms with Crippen LogP contribution >= 0.6 is 0 Å². The van der Waals surface area contributed by atoms with Gasteiger partial charge in [0.2, 0.25) is 11.8 Å². The van der Waals surface area contributed by atoms with Gasteiger partial charge in [-0.2, -0.15) is 0 Å². The Balaban J connectivity index is 1.77. The minimum atomic E-state index is -0.627. The van der Waals surface area contributed by atoms with E-state index in [0.717, 1.165) is 5.56 Å². The van der Waals surface area contributed by atoms with Gasteiger partial charge < -0.3 is 10.6 Å². The highest BCUT2D eigenvalue weighted by atomic mass is 16.2. The third-order valence-corrected chi connectivity index (χ3v) is 4.60. The number of carbonyl (C=O) groups is 3. The van der Waals surface area contributed by atoms with Crippen molar-refractivity contribution in [3.63, 3.8) is 0 Å². The molecule has 2 N–H and O–H groups in total. The molecule has 5 nitrogen and oxygen atoms in total. The van der Waals surface area contributed by atoms with Crippen LogP contribution in [0.3, 0.4) is 0 Å². The Labute approximate surface area is 141 Å². The zero-order valence-corrected chi connectivity index (χ0v) is 14.0. The van der Waals surface area contributed by atoms with Crippen LogP contribution in [0, 0.1) is 17.3 Å². The van der Waals surface area contributed by atoms with Gasteiger partial charge in [-0.1, -0.05) is 50.3 Å². The Morgan fingerprint density at radius 1 is 1.25 bits per heavy atom. The Hall–Kier alpha value is -2.43.